The van der Waals surface area contributed by atoms with Gasteiger partial charge < -0.3 is 15.6 Å². The second kappa shape index (κ2) is 5.66. The number of carbonyl (C=O) groups excluding carboxylic acids is 1. The maximum absolute atomic E-state index is 10.3. The quantitative estimate of drug-likeness (QED) is 0.787. The van der Waals surface area contributed by atoms with Crippen molar-refractivity contribution in [3.63, 3.8) is 0 Å². The van der Waals surface area contributed by atoms with Crippen molar-refractivity contribution in [1.82, 2.24) is 0 Å². The van der Waals surface area contributed by atoms with Crippen molar-refractivity contribution < 1.29 is 15.6 Å². The highest BCUT2D eigenvalue weighted by Gasteiger charge is 2.11. The second-order valence-electron chi connectivity index (χ2n) is 4.32. The number of carboxylic acid groups (broad SMARTS) is 1. The van der Waals surface area contributed by atoms with E-state index in [-0.39, 0.29) is 12.5 Å². The Bertz CT molecular complexity index is 374. The van der Waals surface area contributed by atoms with Crippen LogP contribution in [0.3, 0.4) is 0 Å². The van der Waals surface area contributed by atoms with E-state index < -0.39 is 5.97 Å². The van der Waals surface area contributed by atoms with Crippen LogP contribution in [0.1, 0.15) is 42.0 Å². The van der Waals surface area contributed by atoms with Crippen molar-refractivity contribution in [2.45, 2.75) is 39.2 Å². The first-order chi connectivity index (χ1) is 7.50. The molecule has 16 heavy (non-hydrogen) atoms. The summed E-state index contributed by atoms with van der Waals surface area (Å²) < 4.78 is 0. The number of benzene rings is 1. The summed E-state index contributed by atoms with van der Waals surface area (Å²) in [6.45, 7) is 4.13. The van der Waals surface area contributed by atoms with Crippen LogP contribution < -0.4 is 10.8 Å². The van der Waals surface area contributed by atoms with Gasteiger partial charge >= 0.3 is 0 Å². The van der Waals surface area contributed by atoms with Gasteiger partial charge in [-0.2, -0.15) is 0 Å². The average Bonchev–Trinajstić information content (AvgIpc) is 2.16. The van der Waals surface area contributed by atoms with Gasteiger partial charge in [0.15, 0.2) is 0 Å². The largest absolute Gasteiger partial charge is 0.550 e. The monoisotopic (exact) mass is 221 g/mol. The van der Waals surface area contributed by atoms with Gasteiger partial charge in [0, 0.05) is 18.0 Å². The zero-order valence-corrected chi connectivity index (χ0v) is 9.95. The van der Waals surface area contributed by atoms with Crippen molar-refractivity contribution in [2.75, 3.05) is 0 Å². The van der Waals surface area contributed by atoms with Crippen molar-refractivity contribution >= 4 is 5.97 Å². The standard InChI is InChI=1S/C13H19NO2/c1-9-6-7-11(10(2)8-9)12(14)4-3-5-13(15)16/h6-8,12H,3-5,14H2,1-2H3,(H,15,16)/t12-/m0/s1. The Balaban J connectivity index is 2.58. The van der Waals surface area contributed by atoms with Gasteiger partial charge in [0.1, 0.15) is 6.04 Å². The molecule has 0 bridgehead atoms. The molecule has 88 valence electrons. The van der Waals surface area contributed by atoms with Crippen LogP contribution in [0, 0.1) is 13.8 Å². The number of aryl methyl sites for hydroxylation is 2. The molecule has 0 saturated heterocycles. The molecule has 1 rings (SSSR count). The fraction of sp³-hybridized carbons (Fsp3) is 0.462. The molecule has 1 aromatic rings. The third-order valence-electron chi connectivity index (χ3n) is 2.80. The van der Waals surface area contributed by atoms with Crippen molar-refractivity contribution in [3.05, 3.63) is 34.9 Å². The summed E-state index contributed by atoms with van der Waals surface area (Å²) in [6, 6.07) is 6.45. The molecule has 3 N–H and O–H groups in total. The van der Waals surface area contributed by atoms with Crippen LogP contribution in [0.4, 0.5) is 0 Å². The number of aliphatic carboxylic acids is 1. The molecular formula is C13H19NO2. The summed E-state index contributed by atoms with van der Waals surface area (Å²) in [6.07, 6.45) is 1.54. The van der Waals surface area contributed by atoms with Crippen LogP contribution in [0.15, 0.2) is 18.2 Å². The molecule has 3 heteroatoms. The second-order valence-corrected chi connectivity index (χ2v) is 4.32. The third-order valence-corrected chi connectivity index (χ3v) is 2.80. The highest BCUT2D eigenvalue weighted by Crippen LogP contribution is 2.19. The topological polar surface area (TPSA) is 67.8 Å². The minimum atomic E-state index is -0.979. The number of quaternary nitrogens is 1. The number of rotatable bonds is 5. The maximum Gasteiger partial charge on any atom is 0.110 e. The molecule has 0 aliphatic heterocycles. The van der Waals surface area contributed by atoms with Crippen molar-refractivity contribution in [1.29, 1.82) is 0 Å². The van der Waals surface area contributed by atoms with Crippen LogP contribution in [0.5, 0.6) is 0 Å². The lowest BCUT2D eigenvalue weighted by atomic mass is 9.96. The van der Waals surface area contributed by atoms with E-state index in [0.29, 0.717) is 6.42 Å². The molecule has 0 radical (unpaired) electrons. The molecule has 1 aromatic carbocycles. The molecule has 1 atom stereocenters. The van der Waals surface area contributed by atoms with E-state index in [9.17, 15) is 9.90 Å². The van der Waals surface area contributed by atoms with E-state index in [4.69, 9.17) is 0 Å². The molecule has 3 nitrogen and oxygen atoms in total. The molecular weight excluding hydrogens is 202 g/mol. The highest BCUT2D eigenvalue weighted by molar-refractivity contribution is 5.64. The van der Waals surface area contributed by atoms with Crippen LogP contribution in [-0.4, -0.2) is 5.97 Å². The molecule has 0 spiro atoms. The van der Waals surface area contributed by atoms with Crippen LogP contribution in [0.25, 0.3) is 0 Å². The van der Waals surface area contributed by atoms with Gasteiger partial charge in [-0.25, -0.2) is 0 Å². The lowest BCUT2D eigenvalue weighted by Gasteiger charge is -2.12. The minimum absolute atomic E-state index is 0.122. The molecule has 0 amide bonds. The number of hydrogen-bond acceptors (Lipinski definition) is 2. The highest BCUT2D eigenvalue weighted by atomic mass is 16.4. The minimum Gasteiger partial charge on any atom is -0.550 e. The van der Waals surface area contributed by atoms with E-state index >= 15 is 0 Å². The fourth-order valence-electron chi connectivity index (χ4n) is 1.93. The number of carbonyl (C=O) groups is 1. The molecule has 0 unspecified atom stereocenters. The summed E-state index contributed by atoms with van der Waals surface area (Å²) in [5, 5.41) is 10.3. The molecule has 0 aliphatic rings. The normalized spacial score (nSPS) is 12.4. The SMILES string of the molecule is Cc1ccc([C@@H]([NH3+])CCCC(=O)[O-])c(C)c1. The summed E-state index contributed by atoms with van der Waals surface area (Å²) in [7, 11) is 0. The molecule has 0 aromatic heterocycles. The van der Waals surface area contributed by atoms with Crippen molar-refractivity contribution in [3.8, 4) is 0 Å². The maximum atomic E-state index is 10.3. The Morgan fingerprint density at radius 3 is 2.69 bits per heavy atom. The third kappa shape index (κ3) is 3.66. The lowest BCUT2D eigenvalue weighted by Crippen LogP contribution is -2.53. The van der Waals surface area contributed by atoms with Gasteiger partial charge in [-0.15, -0.1) is 0 Å². The first-order valence-electron chi connectivity index (χ1n) is 5.61. The van der Waals surface area contributed by atoms with Crippen LogP contribution >= 0.6 is 0 Å². The molecule has 0 fully saturated rings. The van der Waals surface area contributed by atoms with E-state index in [1.165, 1.54) is 16.7 Å². The number of hydrogen-bond donors (Lipinski definition) is 1. The Labute approximate surface area is 96.3 Å². The average molecular weight is 221 g/mol. The van der Waals surface area contributed by atoms with E-state index in [2.05, 4.69) is 37.8 Å². The van der Waals surface area contributed by atoms with Crippen LogP contribution in [-0.2, 0) is 4.79 Å². The Morgan fingerprint density at radius 1 is 1.44 bits per heavy atom. The fourth-order valence-corrected chi connectivity index (χ4v) is 1.93. The molecule has 0 aliphatic carbocycles. The first kappa shape index (κ1) is 12.7. The van der Waals surface area contributed by atoms with Gasteiger partial charge in [0.05, 0.1) is 0 Å². The Hall–Kier alpha value is -1.35. The summed E-state index contributed by atoms with van der Waals surface area (Å²) in [5.74, 6) is -0.979. The van der Waals surface area contributed by atoms with Gasteiger partial charge in [0.2, 0.25) is 0 Å². The Kier molecular flexibility index (Phi) is 4.50. The van der Waals surface area contributed by atoms with Crippen LogP contribution in [0.2, 0.25) is 0 Å². The van der Waals surface area contributed by atoms with Gasteiger partial charge in [-0.05, 0) is 32.3 Å². The van der Waals surface area contributed by atoms with E-state index in [0.717, 1.165) is 6.42 Å². The van der Waals surface area contributed by atoms with Gasteiger partial charge in [-0.1, -0.05) is 23.8 Å². The molecule has 0 heterocycles. The predicted molar refractivity (Wildman–Crippen MR) is 60.4 cm³/mol. The lowest BCUT2D eigenvalue weighted by molar-refractivity contribution is -0.428. The summed E-state index contributed by atoms with van der Waals surface area (Å²) >= 11 is 0. The van der Waals surface area contributed by atoms with E-state index in [1.54, 1.807) is 0 Å². The van der Waals surface area contributed by atoms with Gasteiger partial charge in [0.25, 0.3) is 0 Å². The van der Waals surface area contributed by atoms with Gasteiger partial charge in [-0.3, -0.25) is 0 Å². The first-order valence-corrected chi connectivity index (χ1v) is 5.61. The zero-order chi connectivity index (χ0) is 12.1. The Morgan fingerprint density at radius 2 is 2.12 bits per heavy atom. The smallest absolute Gasteiger partial charge is 0.110 e. The molecule has 0 saturated carbocycles. The summed E-state index contributed by atoms with van der Waals surface area (Å²) in [5.41, 5.74) is 7.76. The summed E-state index contributed by atoms with van der Waals surface area (Å²) in [4.78, 5) is 10.3. The van der Waals surface area contributed by atoms with Crippen molar-refractivity contribution in [2.24, 2.45) is 0 Å². The van der Waals surface area contributed by atoms with E-state index in [1.807, 2.05) is 0 Å². The number of carboxylic acids is 1. The zero-order valence-electron chi connectivity index (χ0n) is 9.95. The predicted octanol–water partition coefficient (Wildman–Crippen LogP) is 0.507.